The van der Waals surface area contributed by atoms with Gasteiger partial charge < -0.3 is 66.0 Å². The maximum absolute atomic E-state index is 13.0. The van der Waals surface area contributed by atoms with Crippen molar-refractivity contribution < 1.29 is 81.8 Å². The zero-order chi connectivity index (χ0) is 60.8. The number of amides is 3. The van der Waals surface area contributed by atoms with E-state index >= 15 is 0 Å². The highest BCUT2D eigenvalue weighted by Crippen LogP contribution is 2.18. The van der Waals surface area contributed by atoms with Crippen LogP contribution in [0.15, 0.2) is 12.4 Å². The van der Waals surface area contributed by atoms with Gasteiger partial charge in [-0.2, -0.15) is 0 Å². The number of nitrogens with two attached hydrogens (primary N) is 1. The number of rotatable bonds is 31. The number of alkyl carbamates (subject to hydrolysis) is 2. The Kier molecular flexibility index (Phi) is 32.2. The molecule has 0 saturated heterocycles. The molecule has 29 heteroatoms. The number of nitro groups is 2. The van der Waals surface area contributed by atoms with Gasteiger partial charge in [-0.1, -0.05) is 26.7 Å². The first-order valence-electron chi connectivity index (χ1n) is 25.6. The van der Waals surface area contributed by atoms with Gasteiger partial charge in [0.1, 0.15) is 47.2 Å². The van der Waals surface area contributed by atoms with E-state index in [0.29, 0.717) is 24.7 Å². The number of aromatic nitrogens is 4. The first kappa shape index (κ1) is 71.3. The lowest BCUT2D eigenvalue weighted by Crippen LogP contribution is -2.49. The van der Waals surface area contributed by atoms with Crippen LogP contribution in [-0.2, 0) is 70.4 Å². The Bertz CT molecular complexity index is 2400. The highest BCUT2D eigenvalue weighted by atomic mass is 16.6. The maximum Gasteiger partial charge on any atom is 0.408 e. The molecule has 444 valence electrons. The summed E-state index contributed by atoms with van der Waals surface area (Å²) in [5, 5.41) is 38.2. The summed E-state index contributed by atoms with van der Waals surface area (Å²) in [6.07, 6.45) is 2.46. The number of aryl methyl sites for hydroxylation is 2. The second-order valence-electron chi connectivity index (χ2n) is 20.0. The van der Waals surface area contributed by atoms with Crippen LogP contribution in [0.5, 0.6) is 0 Å². The van der Waals surface area contributed by atoms with Crippen molar-refractivity contribution in [2.24, 2.45) is 5.73 Å². The van der Waals surface area contributed by atoms with Crippen molar-refractivity contribution in [2.45, 2.75) is 209 Å². The molecular formula is C50H80N10O19. The molecule has 0 radical (unpaired) electrons. The second-order valence-corrected chi connectivity index (χ2v) is 20.0. The summed E-state index contributed by atoms with van der Waals surface area (Å²) < 4.78 is 22.9. The first-order valence-corrected chi connectivity index (χ1v) is 25.6. The predicted octanol–water partition coefficient (Wildman–Crippen LogP) is 4.99. The molecule has 2 rings (SSSR count). The molecule has 4 atom stereocenters. The van der Waals surface area contributed by atoms with Gasteiger partial charge in [0.25, 0.3) is 0 Å². The van der Waals surface area contributed by atoms with Crippen molar-refractivity contribution in [1.82, 2.24) is 35.1 Å². The molecule has 0 fully saturated rings. The molecule has 0 aliphatic rings. The molecule has 0 saturated carbocycles. The molecule has 2 heterocycles. The Hall–Kier alpha value is -7.72. The zero-order valence-electron chi connectivity index (χ0n) is 47.3. The number of ketones is 4. The van der Waals surface area contributed by atoms with Crippen molar-refractivity contribution in [3.8, 4) is 0 Å². The molecule has 0 spiro atoms. The fraction of sp³-hybridized carbons (Fsp3) is 0.680. The van der Waals surface area contributed by atoms with Crippen LogP contribution in [0.4, 0.5) is 21.2 Å². The average molecular weight is 1130 g/mol. The van der Waals surface area contributed by atoms with Crippen molar-refractivity contribution in [2.75, 3.05) is 13.2 Å². The largest absolute Gasteiger partial charge is 0.481 e. The second kappa shape index (κ2) is 35.6. The van der Waals surface area contributed by atoms with E-state index < -0.39 is 106 Å². The lowest BCUT2D eigenvalue weighted by molar-refractivity contribution is -0.392. The number of ether oxygens (including phenoxy) is 4. The number of Topliss-reactive ketones (excluding diaryl/α,β-unsaturated/α-hetero) is 4. The summed E-state index contributed by atoms with van der Waals surface area (Å²) >= 11 is 0. The number of nitrogens with zero attached hydrogens (tertiary/aromatic N) is 6. The molecule has 2 aromatic rings. The van der Waals surface area contributed by atoms with Crippen LogP contribution in [0.25, 0.3) is 0 Å². The molecule has 0 bridgehead atoms. The highest BCUT2D eigenvalue weighted by molar-refractivity contribution is 5.94. The average Bonchev–Trinajstić information content (AvgIpc) is 3.88. The standard InChI is InChI=1S/C25H39N5O9.C16H24N4O7.C9H17NO3/c1-7-8-12-38-23(34)19(13-16(2)31)27-21(33)14-18(28-24(35)39-25(4,5)6)20(32)10-9-11-29-17(3)26-15-22(29)30(36)37;1-10-17-9-13(20(25)26)19(10)7-5-6-12(21)11(8-14(22)23)18-15(24)27-16(2,3)4;1-3-4-5-13-9(12)6-8(10)7(2)11/h15,18-19H,7-14H2,1-6H3,(H,27,33)(H,28,35);9,11H,5-8H2,1-4H3,(H,18,24)(H,22,23);8H,3-6,10H2,1-2H3. The van der Waals surface area contributed by atoms with E-state index in [2.05, 4.69) is 25.9 Å². The van der Waals surface area contributed by atoms with Crippen LogP contribution in [0.2, 0.25) is 0 Å². The van der Waals surface area contributed by atoms with Crippen molar-refractivity contribution >= 4 is 70.8 Å². The summed E-state index contributed by atoms with van der Waals surface area (Å²) in [4.78, 5) is 148. The Morgan fingerprint density at radius 1 is 0.646 bits per heavy atom. The number of carboxylic acids is 1. The smallest absolute Gasteiger partial charge is 0.408 e. The van der Waals surface area contributed by atoms with Gasteiger partial charge in [-0.3, -0.25) is 33.6 Å². The van der Waals surface area contributed by atoms with Crippen molar-refractivity contribution in [3.05, 3.63) is 44.3 Å². The molecule has 4 unspecified atom stereocenters. The quantitative estimate of drug-likeness (QED) is 0.0218. The minimum Gasteiger partial charge on any atom is -0.481 e. The maximum atomic E-state index is 13.0. The minimum absolute atomic E-state index is 0.0148. The van der Waals surface area contributed by atoms with E-state index in [9.17, 15) is 68.2 Å². The first-order chi connectivity index (χ1) is 36.6. The van der Waals surface area contributed by atoms with E-state index in [-0.39, 0.29) is 81.4 Å². The highest BCUT2D eigenvalue weighted by Gasteiger charge is 2.31. The number of carbonyl (C=O) groups excluding carboxylic acids is 9. The number of carbonyl (C=O) groups is 10. The van der Waals surface area contributed by atoms with Gasteiger partial charge in [0.2, 0.25) is 5.91 Å². The van der Waals surface area contributed by atoms with Crippen molar-refractivity contribution in [1.29, 1.82) is 0 Å². The third kappa shape index (κ3) is 31.3. The lowest BCUT2D eigenvalue weighted by atomic mass is 10.0. The number of carboxylic acid groups (broad SMARTS) is 1. The molecule has 6 N–H and O–H groups in total. The number of aliphatic carboxylic acids is 1. The number of unbranched alkanes of at least 4 members (excludes halogenated alkanes) is 2. The van der Waals surface area contributed by atoms with E-state index in [1.165, 1.54) is 23.0 Å². The Labute approximate surface area is 458 Å². The Morgan fingerprint density at radius 3 is 1.43 bits per heavy atom. The number of imidazole rings is 2. The molecule has 79 heavy (non-hydrogen) atoms. The summed E-state index contributed by atoms with van der Waals surface area (Å²) in [6, 6.07) is -4.51. The van der Waals surface area contributed by atoms with Crippen LogP contribution in [-0.4, -0.2) is 142 Å². The lowest BCUT2D eigenvalue weighted by Gasteiger charge is -2.23. The van der Waals surface area contributed by atoms with Crippen LogP contribution in [0, 0.1) is 34.1 Å². The summed E-state index contributed by atoms with van der Waals surface area (Å²) in [5.74, 6) is -4.29. The molecule has 2 aromatic heterocycles. The Balaban J connectivity index is 0.00000131. The third-order valence-corrected chi connectivity index (χ3v) is 10.5. The Morgan fingerprint density at radius 2 is 1.06 bits per heavy atom. The van der Waals surface area contributed by atoms with E-state index in [0.717, 1.165) is 31.7 Å². The van der Waals surface area contributed by atoms with Crippen LogP contribution in [0.3, 0.4) is 0 Å². The summed E-state index contributed by atoms with van der Waals surface area (Å²) in [7, 11) is 0. The van der Waals surface area contributed by atoms with Gasteiger partial charge in [-0.15, -0.1) is 0 Å². The summed E-state index contributed by atoms with van der Waals surface area (Å²) in [5.41, 5.74) is 3.71. The fourth-order valence-corrected chi connectivity index (χ4v) is 6.54. The van der Waals surface area contributed by atoms with Gasteiger partial charge in [-0.25, -0.2) is 33.5 Å². The van der Waals surface area contributed by atoms with Crippen LogP contribution >= 0.6 is 0 Å². The predicted molar refractivity (Wildman–Crippen MR) is 281 cm³/mol. The van der Waals surface area contributed by atoms with E-state index in [1.54, 1.807) is 55.4 Å². The van der Waals surface area contributed by atoms with Crippen molar-refractivity contribution in [3.63, 3.8) is 0 Å². The van der Waals surface area contributed by atoms with Gasteiger partial charge in [0.15, 0.2) is 23.2 Å². The molecule has 29 nitrogen and oxygen atoms in total. The van der Waals surface area contributed by atoms with Gasteiger partial charge in [0, 0.05) is 33.1 Å². The molecular weight excluding hydrogens is 1040 g/mol. The number of hydrogen-bond acceptors (Lipinski definition) is 21. The number of nitrogens with one attached hydrogen (secondary N) is 3. The topological polar surface area (TPSA) is 412 Å². The van der Waals surface area contributed by atoms with Gasteiger partial charge in [0.05, 0.1) is 57.6 Å². The van der Waals surface area contributed by atoms with E-state index in [4.69, 9.17) is 29.8 Å². The molecule has 0 aliphatic carbocycles. The summed E-state index contributed by atoms with van der Waals surface area (Å²) in [6.45, 7) is 20.4. The molecule has 3 amide bonds. The third-order valence-electron chi connectivity index (χ3n) is 10.5. The SMILES string of the molecule is CCCCOC(=O)C(CC(C)=O)NC(=O)CC(NC(=O)OC(C)(C)C)C(=O)CCCn1c([N+](=O)[O-])cnc1C.CCCCOC(=O)CC(N)C(C)=O.Cc1ncc([N+](=O)[O-])n1CCCC(=O)C(CC(=O)O)NC(=O)OC(C)(C)C. The van der Waals surface area contributed by atoms with Crippen LogP contribution in [0.1, 0.15) is 158 Å². The normalized spacial score (nSPS) is 12.5. The molecule has 0 aromatic carbocycles. The number of hydrogen-bond donors (Lipinski definition) is 5. The monoisotopic (exact) mass is 1120 g/mol. The zero-order valence-corrected chi connectivity index (χ0v) is 47.3. The van der Waals surface area contributed by atoms with Gasteiger partial charge in [-0.05, 0) is 90.9 Å². The minimum atomic E-state index is -1.31. The fourth-order valence-electron chi connectivity index (χ4n) is 6.54. The molecule has 0 aliphatic heterocycles. The van der Waals surface area contributed by atoms with Crippen LogP contribution < -0.4 is 21.7 Å². The number of esters is 2. The van der Waals surface area contributed by atoms with E-state index in [1.807, 2.05) is 13.8 Å². The van der Waals surface area contributed by atoms with Gasteiger partial charge >= 0.3 is 41.7 Å².